The third kappa shape index (κ3) is 2.91. The van der Waals surface area contributed by atoms with Crippen LogP contribution in [0.4, 0.5) is 0 Å². The molecule has 0 radical (unpaired) electrons. The van der Waals surface area contributed by atoms with E-state index >= 15 is 0 Å². The number of rotatable bonds is 3. The lowest BCUT2D eigenvalue weighted by Crippen LogP contribution is -2.47. The number of hydrogen-bond acceptors (Lipinski definition) is 6. The van der Waals surface area contributed by atoms with Crippen LogP contribution in [0.3, 0.4) is 0 Å². The van der Waals surface area contributed by atoms with Crippen molar-refractivity contribution in [3.63, 3.8) is 0 Å². The zero-order valence-corrected chi connectivity index (χ0v) is 16.5. The lowest BCUT2D eigenvalue weighted by atomic mass is 9.87. The SMILES string of the molecule is Cc1cc(Cl)ccc1[C@H](O)[C@H]1O[C@@H](n2ccc3c(C)ncnc32)[C@H](O)[C@]1(C)O. The summed E-state index contributed by atoms with van der Waals surface area (Å²) in [6, 6.07) is 6.94. The standard InChI is InChI=1S/C20H22ClN3O4/c1-10-8-12(21)4-5-13(10)15(25)17-20(3,27)16(26)19(28-17)24-7-6-14-11(2)22-9-23-18(14)24/h4-9,15-17,19,25-27H,1-3H3/t15-,16-,17+,19+,20-/m0/s1. The molecule has 1 aromatic carbocycles. The zero-order chi connectivity index (χ0) is 20.2. The molecule has 0 spiro atoms. The Hall–Kier alpha value is -2.03. The van der Waals surface area contributed by atoms with Crippen molar-refractivity contribution in [2.45, 2.75) is 50.9 Å². The van der Waals surface area contributed by atoms with Crippen LogP contribution in [0, 0.1) is 13.8 Å². The minimum Gasteiger partial charge on any atom is -0.386 e. The number of hydrogen-bond donors (Lipinski definition) is 3. The first-order valence-electron chi connectivity index (χ1n) is 9.00. The molecule has 28 heavy (non-hydrogen) atoms. The maximum atomic E-state index is 11.0. The average molecular weight is 404 g/mol. The van der Waals surface area contributed by atoms with Crippen molar-refractivity contribution in [2.24, 2.45) is 0 Å². The number of aliphatic hydroxyl groups excluding tert-OH is 2. The van der Waals surface area contributed by atoms with Crippen LogP contribution in [0.15, 0.2) is 36.8 Å². The summed E-state index contributed by atoms with van der Waals surface area (Å²) in [5.41, 5.74) is 1.06. The van der Waals surface area contributed by atoms with E-state index in [0.29, 0.717) is 16.2 Å². The van der Waals surface area contributed by atoms with Crippen molar-refractivity contribution in [3.8, 4) is 0 Å². The first-order chi connectivity index (χ1) is 13.2. The summed E-state index contributed by atoms with van der Waals surface area (Å²) in [6.07, 6.45) is -1.20. The Bertz CT molecular complexity index is 1040. The van der Waals surface area contributed by atoms with Gasteiger partial charge in [-0.2, -0.15) is 0 Å². The number of nitrogens with zero attached hydrogens (tertiary/aromatic N) is 3. The van der Waals surface area contributed by atoms with Gasteiger partial charge in [-0.15, -0.1) is 0 Å². The monoisotopic (exact) mass is 403 g/mol. The van der Waals surface area contributed by atoms with E-state index in [9.17, 15) is 15.3 Å². The van der Waals surface area contributed by atoms with Crippen molar-refractivity contribution < 1.29 is 20.1 Å². The smallest absolute Gasteiger partial charge is 0.164 e. The highest BCUT2D eigenvalue weighted by atomic mass is 35.5. The fourth-order valence-corrected chi connectivity index (χ4v) is 4.09. The number of benzene rings is 1. The minimum absolute atomic E-state index is 0.555. The summed E-state index contributed by atoms with van der Waals surface area (Å²) in [7, 11) is 0. The van der Waals surface area contributed by atoms with Crippen molar-refractivity contribution in [2.75, 3.05) is 0 Å². The second-order valence-corrected chi connectivity index (χ2v) is 7.92. The molecule has 7 nitrogen and oxygen atoms in total. The largest absolute Gasteiger partial charge is 0.386 e. The van der Waals surface area contributed by atoms with Gasteiger partial charge in [0.1, 0.15) is 35.9 Å². The third-order valence-electron chi connectivity index (χ3n) is 5.55. The van der Waals surface area contributed by atoms with Gasteiger partial charge in [-0.1, -0.05) is 17.7 Å². The molecule has 1 aliphatic heterocycles. The Morgan fingerprint density at radius 3 is 2.71 bits per heavy atom. The molecule has 3 N–H and O–H groups in total. The number of halogens is 1. The molecule has 0 saturated carbocycles. The minimum atomic E-state index is -1.69. The lowest BCUT2D eigenvalue weighted by molar-refractivity contribution is -0.115. The lowest BCUT2D eigenvalue weighted by Gasteiger charge is -2.30. The van der Waals surface area contributed by atoms with Crippen LogP contribution in [0.1, 0.15) is 36.1 Å². The third-order valence-corrected chi connectivity index (χ3v) is 5.79. The number of aryl methyl sites for hydroxylation is 2. The van der Waals surface area contributed by atoms with Gasteiger partial charge < -0.3 is 24.6 Å². The summed E-state index contributed by atoms with van der Waals surface area (Å²) >= 11 is 6.00. The Morgan fingerprint density at radius 2 is 2.00 bits per heavy atom. The predicted molar refractivity (Wildman–Crippen MR) is 104 cm³/mol. The molecule has 1 fully saturated rings. The molecule has 2 aromatic heterocycles. The van der Waals surface area contributed by atoms with E-state index in [1.807, 2.05) is 19.9 Å². The molecule has 0 aliphatic carbocycles. The molecule has 0 unspecified atom stereocenters. The highest BCUT2D eigenvalue weighted by Gasteiger charge is 2.56. The highest BCUT2D eigenvalue weighted by Crippen LogP contribution is 2.44. The van der Waals surface area contributed by atoms with Crippen LogP contribution in [-0.2, 0) is 4.74 Å². The number of aromatic nitrogens is 3. The maximum Gasteiger partial charge on any atom is 0.164 e. The zero-order valence-electron chi connectivity index (χ0n) is 15.7. The summed E-state index contributed by atoms with van der Waals surface area (Å²) in [5, 5.41) is 34.1. The molecule has 1 saturated heterocycles. The number of fused-ring (bicyclic) bond motifs is 1. The van der Waals surface area contributed by atoms with Gasteiger partial charge in [0.15, 0.2) is 6.23 Å². The quantitative estimate of drug-likeness (QED) is 0.621. The van der Waals surface area contributed by atoms with Crippen LogP contribution in [-0.4, -0.2) is 47.7 Å². The maximum absolute atomic E-state index is 11.0. The van der Waals surface area contributed by atoms with Crippen molar-refractivity contribution in [1.82, 2.24) is 14.5 Å². The van der Waals surface area contributed by atoms with Crippen molar-refractivity contribution >= 4 is 22.6 Å². The van der Waals surface area contributed by atoms with E-state index in [4.69, 9.17) is 16.3 Å². The van der Waals surface area contributed by atoms with Crippen molar-refractivity contribution in [1.29, 1.82) is 0 Å². The molecule has 0 amide bonds. The second-order valence-electron chi connectivity index (χ2n) is 7.48. The van der Waals surface area contributed by atoms with Crippen LogP contribution in [0.5, 0.6) is 0 Å². The van der Waals surface area contributed by atoms with Gasteiger partial charge in [-0.25, -0.2) is 9.97 Å². The van der Waals surface area contributed by atoms with E-state index in [2.05, 4.69) is 9.97 Å². The summed E-state index contributed by atoms with van der Waals surface area (Å²) in [6.45, 7) is 5.15. The molecule has 0 bridgehead atoms. The number of aliphatic hydroxyl groups is 3. The van der Waals surface area contributed by atoms with Gasteiger partial charge in [0.25, 0.3) is 0 Å². The summed E-state index contributed by atoms with van der Waals surface area (Å²) in [4.78, 5) is 8.45. The molecule has 3 heterocycles. The number of ether oxygens (including phenoxy) is 1. The van der Waals surface area contributed by atoms with Crippen LogP contribution in [0.2, 0.25) is 5.02 Å². The first kappa shape index (κ1) is 19.3. The van der Waals surface area contributed by atoms with Crippen LogP contribution in [0.25, 0.3) is 11.0 Å². The van der Waals surface area contributed by atoms with E-state index in [0.717, 1.165) is 16.6 Å². The van der Waals surface area contributed by atoms with Gasteiger partial charge in [0.05, 0.1) is 5.69 Å². The van der Waals surface area contributed by atoms with Crippen LogP contribution >= 0.6 is 11.6 Å². The van der Waals surface area contributed by atoms with Crippen LogP contribution < -0.4 is 0 Å². The van der Waals surface area contributed by atoms with E-state index in [1.165, 1.54) is 13.3 Å². The highest BCUT2D eigenvalue weighted by molar-refractivity contribution is 6.30. The first-order valence-corrected chi connectivity index (χ1v) is 9.37. The fourth-order valence-electron chi connectivity index (χ4n) is 3.87. The normalized spacial score (nSPS) is 28.8. The fraction of sp³-hybridized carbons (Fsp3) is 0.400. The molecular weight excluding hydrogens is 382 g/mol. The van der Waals surface area contributed by atoms with Gasteiger partial charge >= 0.3 is 0 Å². The van der Waals surface area contributed by atoms with E-state index in [-0.39, 0.29) is 0 Å². The predicted octanol–water partition coefficient (Wildman–Crippen LogP) is 2.44. The second kappa shape index (κ2) is 6.79. The average Bonchev–Trinajstić information content (AvgIpc) is 3.15. The van der Waals surface area contributed by atoms with E-state index < -0.39 is 30.1 Å². The Labute approximate surface area is 167 Å². The molecule has 148 valence electrons. The van der Waals surface area contributed by atoms with Gasteiger partial charge in [0, 0.05) is 16.6 Å². The topological polar surface area (TPSA) is 101 Å². The molecule has 8 heteroatoms. The van der Waals surface area contributed by atoms with Crippen molar-refractivity contribution in [3.05, 3.63) is 58.6 Å². The van der Waals surface area contributed by atoms with E-state index in [1.54, 1.807) is 29.0 Å². The van der Waals surface area contributed by atoms with Gasteiger partial charge in [-0.3, -0.25) is 0 Å². The molecular formula is C20H22ClN3O4. The Balaban J connectivity index is 1.72. The Kier molecular flexibility index (Phi) is 4.68. The molecule has 4 rings (SSSR count). The summed E-state index contributed by atoms with van der Waals surface area (Å²) in [5.74, 6) is 0. The van der Waals surface area contributed by atoms with Gasteiger partial charge in [-0.05, 0) is 50.1 Å². The molecule has 3 aromatic rings. The van der Waals surface area contributed by atoms with Gasteiger partial charge in [0.2, 0.25) is 0 Å². The molecule has 5 atom stereocenters. The summed E-state index contributed by atoms with van der Waals surface area (Å²) < 4.78 is 7.66. The molecule has 1 aliphatic rings. The Morgan fingerprint density at radius 1 is 1.25 bits per heavy atom.